The molecule has 144 valence electrons. The Morgan fingerprint density at radius 2 is 1.88 bits per heavy atom. The number of nitro groups is 1. The van der Waals surface area contributed by atoms with Crippen LogP contribution in [0.4, 0.5) is 5.69 Å². The van der Waals surface area contributed by atoms with Crippen LogP contribution in [0.5, 0.6) is 11.5 Å². The molecule has 0 saturated carbocycles. The van der Waals surface area contributed by atoms with Gasteiger partial charge in [0.05, 0.1) is 36.9 Å². The van der Waals surface area contributed by atoms with Gasteiger partial charge in [0.2, 0.25) is 0 Å². The number of ether oxygens (including phenoxy) is 4. The molecule has 2 atom stereocenters. The fourth-order valence-electron chi connectivity index (χ4n) is 2.89. The lowest BCUT2D eigenvalue weighted by atomic mass is 10.1. The van der Waals surface area contributed by atoms with E-state index in [0.29, 0.717) is 19.7 Å². The van der Waals surface area contributed by atoms with Gasteiger partial charge in [-0.25, -0.2) is 0 Å². The lowest BCUT2D eigenvalue weighted by Crippen LogP contribution is -2.48. The van der Waals surface area contributed by atoms with Gasteiger partial charge >= 0.3 is 0 Å². The molecule has 0 N–H and O–H groups in total. The van der Waals surface area contributed by atoms with Gasteiger partial charge < -0.3 is 23.8 Å². The van der Waals surface area contributed by atoms with Gasteiger partial charge in [0.15, 0.2) is 11.5 Å². The predicted octanol–water partition coefficient (Wildman–Crippen LogP) is 1.88. The van der Waals surface area contributed by atoms with Crippen LogP contribution in [0.2, 0.25) is 0 Å². The van der Waals surface area contributed by atoms with Gasteiger partial charge in [0.25, 0.3) is 11.6 Å². The molecule has 0 aliphatic carbocycles. The summed E-state index contributed by atoms with van der Waals surface area (Å²) < 4.78 is 21.2. The van der Waals surface area contributed by atoms with E-state index in [1.54, 1.807) is 4.90 Å². The van der Waals surface area contributed by atoms with Crippen LogP contribution in [0.1, 0.15) is 24.2 Å². The number of hydrogen-bond donors (Lipinski definition) is 0. The van der Waals surface area contributed by atoms with E-state index in [4.69, 9.17) is 18.9 Å². The van der Waals surface area contributed by atoms with E-state index in [1.165, 1.54) is 26.4 Å². The van der Waals surface area contributed by atoms with Crippen molar-refractivity contribution in [2.75, 3.05) is 40.5 Å². The number of rotatable bonds is 7. The summed E-state index contributed by atoms with van der Waals surface area (Å²) in [5, 5.41) is 11.5. The Labute approximate surface area is 151 Å². The molecule has 0 unspecified atom stereocenters. The van der Waals surface area contributed by atoms with Crippen LogP contribution in [-0.4, -0.2) is 68.5 Å². The van der Waals surface area contributed by atoms with E-state index in [9.17, 15) is 14.9 Å². The van der Waals surface area contributed by atoms with Crippen molar-refractivity contribution in [3.05, 3.63) is 27.8 Å². The van der Waals surface area contributed by atoms with E-state index in [1.807, 2.05) is 13.8 Å². The quantitative estimate of drug-likeness (QED) is 0.411. The number of nitrogens with zero attached hydrogens (tertiary/aromatic N) is 2. The van der Waals surface area contributed by atoms with Crippen LogP contribution in [0.3, 0.4) is 0 Å². The summed E-state index contributed by atoms with van der Waals surface area (Å²) in [5.41, 5.74) is -0.359. The molecule has 26 heavy (non-hydrogen) atoms. The van der Waals surface area contributed by atoms with E-state index < -0.39 is 10.8 Å². The number of morpholine rings is 1. The van der Waals surface area contributed by atoms with E-state index >= 15 is 0 Å². The van der Waals surface area contributed by atoms with Crippen molar-refractivity contribution in [1.82, 2.24) is 4.90 Å². The molecule has 1 aliphatic heterocycles. The molecule has 1 amide bonds. The molecule has 0 bridgehead atoms. The molecule has 0 radical (unpaired) electrons. The Balaban J connectivity index is 2.36. The first-order valence-corrected chi connectivity index (χ1v) is 8.30. The van der Waals surface area contributed by atoms with Gasteiger partial charge in [-0.2, -0.15) is 0 Å². The topological polar surface area (TPSA) is 100 Å². The molecule has 0 aromatic heterocycles. The highest BCUT2D eigenvalue weighted by atomic mass is 16.6. The van der Waals surface area contributed by atoms with Crippen LogP contribution in [0.15, 0.2) is 12.1 Å². The van der Waals surface area contributed by atoms with Crippen LogP contribution in [0, 0.1) is 10.1 Å². The first kappa shape index (κ1) is 19.9. The summed E-state index contributed by atoms with van der Waals surface area (Å²) in [7, 11) is 2.94. The zero-order chi connectivity index (χ0) is 19.3. The van der Waals surface area contributed by atoms with Crippen LogP contribution >= 0.6 is 0 Å². The molecule has 1 aromatic rings. The third-order valence-electron chi connectivity index (χ3n) is 3.96. The number of carbonyl (C=O) groups excluding carboxylic acids is 1. The standard InChI is InChI=1S/C17H24N2O7/c1-11-9-18(10-12(2)26-11)17(20)13-7-15(24-4)16(25-6-5-23-3)8-14(13)19(21)22/h7-8,11-12H,5-6,9-10H2,1-4H3/t11-,12-/m0/s1. The molecule has 1 aliphatic rings. The van der Waals surface area contributed by atoms with E-state index in [-0.39, 0.29) is 41.6 Å². The van der Waals surface area contributed by atoms with Gasteiger partial charge in [-0.05, 0) is 13.8 Å². The summed E-state index contributed by atoms with van der Waals surface area (Å²) in [6.07, 6.45) is -0.277. The maximum atomic E-state index is 12.9. The highest BCUT2D eigenvalue weighted by Crippen LogP contribution is 2.35. The Kier molecular flexibility index (Phi) is 6.76. The number of amides is 1. The lowest BCUT2D eigenvalue weighted by molar-refractivity contribution is -0.385. The Bertz CT molecular complexity index is 655. The summed E-state index contributed by atoms with van der Waals surface area (Å²) in [6, 6.07) is 2.57. The van der Waals surface area contributed by atoms with Crippen molar-refractivity contribution < 1.29 is 28.7 Å². The zero-order valence-electron chi connectivity index (χ0n) is 15.4. The average Bonchev–Trinajstić information content (AvgIpc) is 2.59. The molecule has 9 heteroatoms. The fraction of sp³-hybridized carbons (Fsp3) is 0.588. The maximum Gasteiger partial charge on any atom is 0.286 e. The van der Waals surface area contributed by atoms with Crippen molar-refractivity contribution in [2.24, 2.45) is 0 Å². The summed E-state index contributed by atoms with van der Waals surface area (Å²) in [6.45, 7) is 4.98. The van der Waals surface area contributed by atoms with Crippen molar-refractivity contribution in [2.45, 2.75) is 26.1 Å². The average molecular weight is 368 g/mol. The number of hydrogen-bond acceptors (Lipinski definition) is 7. The molecule has 1 fully saturated rings. The van der Waals surface area contributed by atoms with Gasteiger partial charge in [-0.15, -0.1) is 0 Å². The van der Waals surface area contributed by atoms with Crippen LogP contribution < -0.4 is 9.47 Å². The lowest BCUT2D eigenvalue weighted by Gasteiger charge is -2.35. The first-order chi connectivity index (χ1) is 12.4. The Morgan fingerprint density at radius 3 is 2.42 bits per heavy atom. The number of nitro benzene ring substituents is 1. The number of benzene rings is 1. The second-order valence-corrected chi connectivity index (χ2v) is 6.09. The van der Waals surface area contributed by atoms with Crippen molar-refractivity contribution in [1.29, 1.82) is 0 Å². The monoisotopic (exact) mass is 368 g/mol. The van der Waals surface area contributed by atoms with E-state index in [2.05, 4.69) is 0 Å². The van der Waals surface area contributed by atoms with Gasteiger partial charge in [0, 0.05) is 26.3 Å². The second-order valence-electron chi connectivity index (χ2n) is 6.09. The predicted molar refractivity (Wildman–Crippen MR) is 92.9 cm³/mol. The molecule has 0 spiro atoms. The highest BCUT2D eigenvalue weighted by Gasteiger charge is 2.32. The Hall–Kier alpha value is -2.39. The normalized spacial score (nSPS) is 19.9. The van der Waals surface area contributed by atoms with Crippen molar-refractivity contribution >= 4 is 11.6 Å². The van der Waals surface area contributed by atoms with Gasteiger partial charge in [-0.3, -0.25) is 14.9 Å². The minimum absolute atomic E-state index is 0.0350. The summed E-state index contributed by atoms with van der Waals surface area (Å²) in [4.78, 5) is 25.4. The molecule has 1 heterocycles. The minimum Gasteiger partial charge on any atom is -0.493 e. The SMILES string of the molecule is COCCOc1cc([N+](=O)[O-])c(C(=O)N2C[C@H](C)O[C@@H](C)C2)cc1OC. The minimum atomic E-state index is -0.594. The number of carbonyl (C=O) groups is 1. The van der Waals surface area contributed by atoms with Gasteiger partial charge in [0.1, 0.15) is 12.2 Å². The summed E-state index contributed by atoms with van der Waals surface area (Å²) in [5.74, 6) is 0.0152. The van der Waals surface area contributed by atoms with Crippen molar-refractivity contribution in [3.8, 4) is 11.5 Å². The number of methoxy groups -OCH3 is 2. The molecule has 9 nitrogen and oxygen atoms in total. The third kappa shape index (κ3) is 4.61. The maximum absolute atomic E-state index is 12.9. The highest BCUT2D eigenvalue weighted by molar-refractivity contribution is 5.99. The first-order valence-electron chi connectivity index (χ1n) is 8.30. The Morgan fingerprint density at radius 1 is 1.23 bits per heavy atom. The van der Waals surface area contributed by atoms with Crippen LogP contribution in [0.25, 0.3) is 0 Å². The summed E-state index contributed by atoms with van der Waals surface area (Å²) >= 11 is 0. The van der Waals surface area contributed by atoms with Crippen LogP contribution in [-0.2, 0) is 9.47 Å². The van der Waals surface area contributed by atoms with Gasteiger partial charge in [-0.1, -0.05) is 0 Å². The second kappa shape index (κ2) is 8.81. The molecule has 1 saturated heterocycles. The third-order valence-corrected chi connectivity index (χ3v) is 3.96. The van der Waals surface area contributed by atoms with E-state index in [0.717, 1.165) is 0 Å². The molecule has 1 aromatic carbocycles. The fourth-order valence-corrected chi connectivity index (χ4v) is 2.89. The van der Waals surface area contributed by atoms with Crippen molar-refractivity contribution in [3.63, 3.8) is 0 Å². The largest absolute Gasteiger partial charge is 0.493 e. The smallest absolute Gasteiger partial charge is 0.286 e. The molecular formula is C17H24N2O7. The zero-order valence-corrected chi connectivity index (χ0v) is 15.4. The molecule has 2 rings (SSSR count). The molecular weight excluding hydrogens is 344 g/mol.